The third-order valence-electron chi connectivity index (χ3n) is 6.45. The third kappa shape index (κ3) is 3.06. The van der Waals surface area contributed by atoms with Gasteiger partial charge < -0.3 is 0 Å². The van der Waals surface area contributed by atoms with Crippen molar-refractivity contribution in [3.05, 3.63) is 130 Å². The zero-order valence-corrected chi connectivity index (χ0v) is 18.3. The van der Waals surface area contributed by atoms with Crippen molar-refractivity contribution in [1.29, 1.82) is 0 Å². The van der Waals surface area contributed by atoms with Crippen LogP contribution in [0.1, 0.15) is 11.1 Å². The predicted octanol–water partition coefficient (Wildman–Crippen LogP) is 5.10. The second kappa shape index (κ2) is 7.32. The largest absolute Gasteiger partial charge is 0.235 e. The van der Waals surface area contributed by atoms with Crippen molar-refractivity contribution in [2.45, 2.75) is 0 Å². The van der Waals surface area contributed by atoms with Gasteiger partial charge >= 0.3 is 0 Å². The molecule has 6 rings (SSSR count). The molecule has 1 heteroatoms. The molecule has 0 radical (unpaired) electrons. The Morgan fingerprint density at radius 2 is 1.09 bits per heavy atom. The lowest BCUT2D eigenvalue weighted by molar-refractivity contribution is -0.462. The van der Waals surface area contributed by atoms with Crippen LogP contribution >= 0.6 is 0 Å². The summed E-state index contributed by atoms with van der Waals surface area (Å²) in [5, 5.41) is 7.93. The molecule has 0 saturated carbocycles. The van der Waals surface area contributed by atoms with E-state index in [1.54, 1.807) is 0 Å². The molecule has 152 valence electrons. The molecule has 1 nitrogen and oxygen atoms in total. The molecular formula is C31H24N+. The normalized spacial score (nSPS) is 14.1. The molecule has 0 spiro atoms. The molecule has 0 fully saturated rings. The minimum absolute atomic E-state index is 1.21. The van der Waals surface area contributed by atoms with Crippen LogP contribution in [0.4, 0.5) is 0 Å². The second-order valence-electron chi connectivity index (χ2n) is 8.66. The zero-order valence-electron chi connectivity index (χ0n) is 18.3. The van der Waals surface area contributed by atoms with Crippen LogP contribution in [0.5, 0.6) is 0 Å². The standard InChI is InChI=1S/C31H24N/c1-32(2)24-19-15-22(16-20-24)12-11-21-13-17-23(18-14-21)29-30-27-9-5-3-7-25(27)26-8-4-6-10-28(26)31(29)30/h3-20H,1-2H3/q+1. The van der Waals surface area contributed by atoms with Gasteiger partial charge in [-0.25, -0.2) is 4.58 Å². The first-order valence-corrected chi connectivity index (χ1v) is 11.1. The molecule has 2 aliphatic rings. The zero-order chi connectivity index (χ0) is 21.7. The average Bonchev–Trinajstić information content (AvgIpc) is 3.60. The number of rotatable bonds is 1. The Balaban J connectivity index is 1.42. The smallest absolute Gasteiger partial charge is 0.199 e. The molecule has 0 aliphatic heterocycles. The number of hydrogen-bond donors (Lipinski definition) is 0. The molecular weight excluding hydrogens is 386 g/mol. The fourth-order valence-corrected chi connectivity index (χ4v) is 4.72. The van der Waals surface area contributed by atoms with Crippen molar-refractivity contribution < 1.29 is 4.58 Å². The van der Waals surface area contributed by atoms with Crippen LogP contribution < -0.4 is 10.4 Å². The summed E-state index contributed by atoms with van der Waals surface area (Å²) in [6.07, 6.45) is 13.0. The number of benzene rings is 4. The first-order valence-electron chi connectivity index (χ1n) is 11.1. The number of allylic oxidation sites excluding steroid dienone is 6. The summed E-state index contributed by atoms with van der Waals surface area (Å²) < 4.78 is 2.12. The Hall–Kier alpha value is -3.97. The molecule has 0 amide bonds. The van der Waals surface area contributed by atoms with Gasteiger partial charge in [0.25, 0.3) is 0 Å². The van der Waals surface area contributed by atoms with Crippen LogP contribution in [-0.2, 0) is 0 Å². The van der Waals surface area contributed by atoms with Gasteiger partial charge in [-0.05, 0) is 66.4 Å². The molecule has 0 aromatic heterocycles. The highest BCUT2D eigenvalue weighted by Crippen LogP contribution is 2.50. The molecule has 0 bridgehead atoms. The van der Waals surface area contributed by atoms with E-state index < -0.39 is 0 Å². The predicted molar refractivity (Wildman–Crippen MR) is 137 cm³/mol. The Morgan fingerprint density at radius 1 is 0.562 bits per heavy atom. The molecule has 4 aromatic carbocycles. The van der Waals surface area contributed by atoms with Crippen molar-refractivity contribution >= 4 is 38.9 Å². The van der Waals surface area contributed by atoms with Gasteiger partial charge in [-0.15, -0.1) is 0 Å². The average molecular weight is 411 g/mol. The summed E-state index contributed by atoms with van der Waals surface area (Å²) in [6.45, 7) is 0. The fraction of sp³-hybridized carbons (Fsp3) is 0.0645. The highest BCUT2D eigenvalue weighted by Gasteiger charge is 2.31. The van der Waals surface area contributed by atoms with Crippen molar-refractivity contribution in [2.24, 2.45) is 0 Å². The highest BCUT2D eigenvalue weighted by atomic mass is 14.9. The quantitative estimate of drug-likeness (QED) is 0.267. The van der Waals surface area contributed by atoms with Crippen molar-refractivity contribution in [3.8, 4) is 0 Å². The molecule has 2 aliphatic carbocycles. The minimum Gasteiger partial charge on any atom is -0.235 e. The molecule has 32 heavy (non-hydrogen) atoms. The van der Waals surface area contributed by atoms with E-state index in [1.807, 2.05) is 0 Å². The maximum Gasteiger partial charge on any atom is 0.199 e. The van der Waals surface area contributed by atoms with E-state index in [-0.39, 0.29) is 0 Å². The van der Waals surface area contributed by atoms with Gasteiger partial charge in [0.15, 0.2) is 5.71 Å². The third-order valence-corrected chi connectivity index (χ3v) is 6.45. The van der Waals surface area contributed by atoms with Crippen LogP contribution in [0.3, 0.4) is 0 Å². The number of nitrogens with zero attached hydrogens (tertiary/aromatic N) is 1. The van der Waals surface area contributed by atoms with E-state index in [9.17, 15) is 0 Å². The Kier molecular flexibility index (Phi) is 4.29. The lowest BCUT2D eigenvalue weighted by Crippen LogP contribution is -2.09. The SMILES string of the molecule is C[N+](C)=C1C=CC(=CC=c2ccc(=C3c4c3c3ccccc3c3ccccc43)cc2)C=C1. The number of hydrogen-bond acceptors (Lipinski definition) is 0. The maximum absolute atomic E-state index is 2.26. The minimum atomic E-state index is 1.21. The van der Waals surface area contributed by atoms with E-state index >= 15 is 0 Å². The van der Waals surface area contributed by atoms with Crippen molar-refractivity contribution in [1.82, 2.24) is 0 Å². The molecule has 0 unspecified atom stereocenters. The molecule has 0 atom stereocenters. The van der Waals surface area contributed by atoms with E-state index in [1.165, 1.54) is 60.0 Å². The van der Waals surface area contributed by atoms with Crippen LogP contribution in [0.2, 0.25) is 0 Å². The van der Waals surface area contributed by atoms with Gasteiger partial charge in [-0.3, -0.25) is 0 Å². The molecule has 0 N–H and O–H groups in total. The van der Waals surface area contributed by atoms with Gasteiger partial charge in [0.05, 0.1) is 0 Å². The van der Waals surface area contributed by atoms with Crippen LogP contribution in [0.15, 0.2) is 109 Å². The van der Waals surface area contributed by atoms with E-state index in [0.717, 1.165) is 0 Å². The summed E-state index contributed by atoms with van der Waals surface area (Å²) in [6, 6.07) is 26.5. The number of fused-ring (bicyclic) bond motifs is 6. The van der Waals surface area contributed by atoms with Crippen molar-refractivity contribution in [3.63, 3.8) is 0 Å². The molecule has 0 heterocycles. The van der Waals surface area contributed by atoms with Gasteiger partial charge in [0, 0.05) is 12.2 Å². The summed E-state index contributed by atoms with van der Waals surface area (Å²) in [4.78, 5) is 0. The Bertz CT molecular complexity index is 1560. The second-order valence-corrected chi connectivity index (χ2v) is 8.66. The van der Waals surface area contributed by atoms with Gasteiger partial charge in [-0.1, -0.05) is 84.9 Å². The Labute approximate surface area is 188 Å². The van der Waals surface area contributed by atoms with Crippen LogP contribution in [-0.4, -0.2) is 24.4 Å². The first-order chi connectivity index (χ1) is 15.7. The Morgan fingerprint density at radius 3 is 1.62 bits per heavy atom. The summed E-state index contributed by atoms with van der Waals surface area (Å²) in [7, 11) is 4.13. The van der Waals surface area contributed by atoms with Gasteiger partial charge in [-0.2, -0.15) is 0 Å². The fourth-order valence-electron chi connectivity index (χ4n) is 4.72. The van der Waals surface area contributed by atoms with E-state index in [2.05, 4.69) is 128 Å². The summed E-state index contributed by atoms with van der Waals surface area (Å²) in [5.74, 6) is 0. The van der Waals surface area contributed by atoms with E-state index in [4.69, 9.17) is 0 Å². The van der Waals surface area contributed by atoms with Crippen LogP contribution in [0, 0.1) is 0 Å². The highest BCUT2D eigenvalue weighted by molar-refractivity contribution is 6.26. The maximum atomic E-state index is 2.26. The van der Waals surface area contributed by atoms with E-state index in [0.29, 0.717) is 0 Å². The first kappa shape index (κ1) is 18.8. The lowest BCUT2D eigenvalue weighted by Gasteiger charge is -2.01. The molecule has 4 aromatic rings. The van der Waals surface area contributed by atoms with Crippen molar-refractivity contribution in [2.75, 3.05) is 14.1 Å². The van der Waals surface area contributed by atoms with Crippen LogP contribution in [0.25, 0.3) is 33.2 Å². The van der Waals surface area contributed by atoms with Gasteiger partial charge in [0.2, 0.25) is 0 Å². The lowest BCUT2D eigenvalue weighted by atomic mass is 10.0. The molecule has 0 saturated heterocycles. The summed E-state index contributed by atoms with van der Waals surface area (Å²) in [5.41, 5.74) is 6.67. The summed E-state index contributed by atoms with van der Waals surface area (Å²) >= 11 is 0. The monoisotopic (exact) mass is 410 g/mol. The van der Waals surface area contributed by atoms with Gasteiger partial charge in [0.1, 0.15) is 14.1 Å². The topological polar surface area (TPSA) is 3.01 Å².